The normalized spacial score (nSPS) is 26.6. The van der Waals surface area contributed by atoms with Crippen LogP contribution in [0, 0.1) is 5.92 Å². The summed E-state index contributed by atoms with van der Waals surface area (Å²) in [6.45, 7) is 6.99. The molecule has 2 aliphatic heterocycles. The van der Waals surface area contributed by atoms with Crippen LogP contribution in [0.25, 0.3) is 0 Å². The molecule has 0 unspecified atom stereocenters. The van der Waals surface area contributed by atoms with E-state index in [2.05, 4.69) is 24.2 Å². The van der Waals surface area contributed by atoms with E-state index in [9.17, 15) is 0 Å². The first-order valence-corrected chi connectivity index (χ1v) is 4.15. The second-order valence-electron chi connectivity index (χ2n) is 3.72. The van der Waals surface area contributed by atoms with Gasteiger partial charge in [-0.1, -0.05) is 13.8 Å². The molecule has 0 aromatic carbocycles. The van der Waals surface area contributed by atoms with E-state index in [0.29, 0.717) is 5.92 Å². The van der Waals surface area contributed by atoms with Crippen LogP contribution in [-0.2, 0) is 4.74 Å². The lowest BCUT2D eigenvalue weighted by atomic mass is 9.95. The summed E-state index contributed by atoms with van der Waals surface area (Å²) in [6.07, 6.45) is 0. The summed E-state index contributed by atoms with van der Waals surface area (Å²) in [5, 5.41) is 3.22. The molecule has 2 rings (SSSR count). The largest absolute Gasteiger partial charge is 0.478 e. The van der Waals surface area contributed by atoms with Gasteiger partial charge in [0, 0.05) is 19.0 Å². The summed E-state index contributed by atoms with van der Waals surface area (Å²) in [4.78, 5) is 4.56. The Morgan fingerprint density at radius 1 is 1.55 bits per heavy atom. The van der Waals surface area contributed by atoms with Crippen LogP contribution < -0.4 is 5.32 Å². The zero-order valence-corrected chi connectivity index (χ0v) is 7.05. The van der Waals surface area contributed by atoms with Crippen LogP contribution in [0.4, 0.5) is 0 Å². The van der Waals surface area contributed by atoms with Gasteiger partial charge in [-0.25, -0.2) is 4.99 Å². The summed E-state index contributed by atoms with van der Waals surface area (Å²) in [5.41, 5.74) is 0.125. The Hall–Kier alpha value is -0.570. The molecule has 0 bridgehead atoms. The molecule has 1 saturated heterocycles. The molecule has 0 atom stereocenters. The van der Waals surface area contributed by atoms with Gasteiger partial charge in [-0.3, -0.25) is 0 Å². The van der Waals surface area contributed by atoms with Crippen LogP contribution in [0.3, 0.4) is 0 Å². The fourth-order valence-electron chi connectivity index (χ4n) is 1.40. The third-order valence-electron chi connectivity index (χ3n) is 2.24. The maximum Gasteiger partial charge on any atom is 0.186 e. The maximum atomic E-state index is 5.48. The minimum Gasteiger partial charge on any atom is -0.478 e. The first kappa shape index (κ1) is 7.10. The van der Waals surface area contributed by atoms with E-state index in [1.807, 2.05) is 0 Å². The van der Waals surface area contributed by atoms with Gasteiger partial charge in [-0.05, 0) is 0 Å². The third-order valence-corrected chi connectivity index (χ3v) is 2.24. The van der Waals surface area contributed by atoms with Crippen molar-refractivity contribution in [1.82, 2.24) is 5.32 Å². The molecular weight excluding hydrogens is 140 g/mol. The highest BCUT2D eigenvalue weighted by Crippen LogP contribution is 2.24. The molecule has 0 amide bonds. The highest BCUT2D eigenvalue weighted by Gasteiger charge is 2.42. The molecule has 0 saturated carbocycles. The van der Waals surface area contributed by atoms with E-state index in [-0.39, 0.29) is 5.54 Å². The SMILES string of the molecule is CC(C)C1=NC2(CNC2)CO1. The lowest BCUT2D eigenvalue weighted by molar-refractivity contribution is 0.192. The summed E-state index contributed by atoms with van der Waals surface area (Å²) in [7, 11) is 0. The van der Waals surface area contributed by atoms with Crippen molar-refractivity contribution in [2.75, 3.05) is 19.7 Å². The summed E-state index contributed by atoms with van der Waals surface area (Å²) in [6, 6.07) is 0. The van der Waals surface area contributed by atoms with Gasteiger partial charge in [0.1, 0.15) is 12.1 Å². The molecule has 3 heteroatoms. The molecule has 62 valence electrons. The van der Waals surface area contributed by atoms with E-state index in [1.165, 1.54) is 0 Å². The lowest BCUT2D eigenvalue weighted by Crippen LogP contribution is -2.59. The number of nitrogens with zero attached hydrogens (tertiary/aromatic N) is 1. The van der Waals surface area contributed by atoms with E-state index >= 15 is 0 Å². The van der Waals surface area contributed by atoms with Crippen molar-refractivity contribution in [3.05, 3.63) is 0 Å². The van der Waals surface area contributed by atoms with Crippen molar-refractivity contribution in [2.24, 2.45) is 10.9 Å². The predicted octanol–water partition coefficient (Wildman–Crippen LogP) is 0.413. The Balaban J connectivity index is 2.09. The second-order valence-corrected chi connectivity index (χ2v) is 3.72. The third kappa shape index (κ3) is 1.03. The molecule has 1 fully saturated rings. The van der Waals surface area contributed by atoms with Crippen molar-refractivity contribution < 1.29 is 4.74 Å². The Morgan fingerprint density at radius 3 is 2.55 bits per heavy atom. The van der Waals surface area contributed by atoms with E-state index in [4.69, 9.17) is 4.74 Å². The standard InChI is InChI=1S/C8H14N2O/c1-6(2)7-10-8(5-11-7)3-9-4-8/h6,9H,3-5H2,1-2H3. The van der Waals surface area contributed by atoms with Gasteiger partial charge in [0.25, 0.3) is 0 Å². The monoisotopic (exact) mass is 154 g/mol. The molecule has 2 heterocycles. The highest BCUT2D eigenvalue weighted by molar-refractivity contribution is 5.80. The molecule has 3 nitrogen and oxygen atoms in total. The minimum absolute atomic E-state index is 0.125. The number of aliphatic imine (C=N–C) groups is 1. The number of nitrogens with one attached hydrogen (secondary N) is 1. The zero-order valence-electron chi connectivity index (χ0n) is 7.05. The molecule has 1 spiro atoms. The first-order valence-electron chi connectivity index (χ1n) is 4.15. The van der Waals surface area contributed by atoms with Gasteiger partial charge >= 0.3 is 0 Å². The Labute approximate surface area is 66.8 Å². The van der Waals surface area contributed by atoms with Crippen molar-refractivity contribution in [2.45, 2.75) is 19.4 Å². The highest BCUT2D eigenvalue weighted by atomic mass is 16.5. The Kier molecular flexibility index (Phi) is 1.42. The molecular formula is C8H14N2O. The molecule has 11 heavy (non-hydrogen) atoms. The van der Waals surface area contributed by atoms with Gasteiger partial charge in [0.15, 0.2) is 5.90 Å². The topological polar surface area (TPSA) is 33.6 Å². The molecule has 1 N–H and O–H groups in total. The van der Waals surface area contributed by atoms with E-state index < -0.39 is 0 Å². The van der Waals surface area contributed by atoms with Crippen molar-refractivity contribution in [3.63, 3.8) is 0 Å². The number of hydrogen-bond donors (Lipinski definition) is 1. The van der Waals surface area contributed by atoms with Crippen LogP contribution in [0.2, 0.25) is 0 Å². The van der Waals surface area contributed by atoms with E-state index in [1.54, 1.807) is 0 Å². The number of rotatable bonds is 1. The average Bonchev–Trinajstić information content (AvgIpc) is 2.28. The van der Waals surface area contributed by atoms with Crippen molar-refractivity contribution in [3.8, 4) is 0 Å². The minimum atomic E-state index is 0.125. The molecule has 0 radical (unpaired) electrons. The van der Waals surface area contributed by atoms with Gasteiger partial charge in [0.2, 0.25) is 0 Å². The zero-order chi connectivity index (χ0) is 7.90. The Morgan fingerprint density at radius 2 is 2.27 bits per heavy atom. The van der Waals surface area contributed by atoms with Crippen molar-refractivity contribution >= 4 is 5.90 Å². The van der Waals surface area contributed by atoms with Crippen LogP contribution in [0.1, 0.15) is 13.8 Å². The van der Waals surface area contributed by atoms with E-state index in [0.717, 1.165) is 25.6 Å². The lowest BCUT2D eigenvalue weighted by Gasteiger charge is -2.33. The number of hydrogen-bond acceptors (Lipinski definition) is 3. The second kappa shape index (κ2) is 2.21. The smallest absolute Gasteiger partial charge is 0.186 e. The van der Waals surface area contributed by atoms with Gasteiger partial charge in [-0.2, -0.15) is 0 Å². The summed E-state index contributed by atoms with van der Waals surface area (Å²) in [5.74, 6) is 1.38. The average molecular weight is 154 g/mol. The molecule has 0 aliphatic carbocycles. The molecule has 2 aliphatic rings. The fourth-order valence-corrected chi connectivity index (χ4v) is 1.40. The van der Waals surface area contributed by atoms with Crippen LogP contribution in [0.5, 0.6) is 0 Å². The molecule has 0 aromatic heterocycles. The maximum absolute atomic E-state index is 5.48. The Bertz CT molecular complexity index is 194. The number of ether oxygens (including phenoxy) is 1. The first-order chi connectivity index (χ1) is 5.22. The van der Waals surface area contributed by atoms with Gasteiger partial charge in [0.05, 0.1) is 0 Å². The van der Waals surface area contributed by atoms with Crippen LogP contribution in [-0.4, -0.2) is 31.1 Å². The predicted molar refractivity (Wildman–Crippen MR) is 43.8 cm³/mol. The quantitative estimate of drug-likeness (QED) is 0.593. The summed E-state index contributed by atoms with van der Waals surface area (Å²) < 4.78 is 5.48. The van der Waals surface area contributed by atoms with Gasteiger partial charge < -0.3 is 10.1 Å². The van der Waals surface area contributed by atoms with Gasteiger partial charge in [-0.15, -0.1) is 0 Å². The molecule has 0 aromatic rings. The summed E-state index contributed by atoms with van der Waals surface area (Å²) >= 11 is 0. The van der Waals surface area contributed by atoms with Crippen molar-refractivity contribution in [1.29, 1.82) is 0 Å². The fraction of sp³-hybridized carbons (Fsp3) is 0.875. The van der Waals surface area contributed by atoms with Crippen LogP contribution >= 0.6 is 0 Å². The van der Waals surface area contributed by atoms with Crippen LogP contribution in [0.15, 0.2) is 4.99 Å².